The van der Waals surface area contributed by atoms with Gasteiger partial charge in [0, 0.05) is 30.0 Å². The first-order valence-electron chi connectivity index (χ1n) is 9.03. The summed E-state index contributed by atoms with van der Waals surface area (Å²) in [5, 5.41) is 10.9. The molecule has 0 spiro atoms. The zero-order chi connectivity index (χ0) is 23.0. The number of nitrogens with one attached hydrogen (secondary N) is 1. The molecule has 31 heavy (non-hydrogen) atoms. The number of halogens is 7. The monoisotopic (exact) mass is 470 g/mol. The van der Waals surface area contributed by atoms with Crippen LogP contribution in [0.5, 0.6) is 0 Å². The summed E-state index contributed by atoms with van der Waals surface area (Å²) in [5.41, 5.74) is -4.57. The smallest absolute Gasteiger partial charge is 0.321 e. The summed E-state index contributed by atoms with van der Waals surface area (Å²) in [4.78, 5) is 13.2. The van der Waals surface area contributed by atoms with Crippen LogP contribution in [0.3, 0.4) is 0 Å². The minimum absolute atomic E-state index is 0.0327. The molecule has 2 aromatic rings. The van der Waals surface area contributed by atoms with Gasteiger partial charge in [0.15, 0.2) is 0 Å². The molecule has 1 saturated carbocycles. The SMILES string of the molecule is NSc1cccc(NC(=O)c2c(C(F)(F)F)c(C(F)F)nn2CC2CCC(F)(F)C2)c1. The summed E-state index contributed by atoms with van der Waals surface area (Å²) in [6.45, 7) is -0.521. The van der Waals surface area contributed by atoms with Gasteiger partial charge in [0.05, 0.1) is 0 Å². The molecule has 0 aliphatic heterocycles. The molecule has 1 amide bonds. The second kappa shape index (κ2) is 8.69. The van der Waals surface area contributed by atoms with Crippen LogP contribution >= 0.6 is 11.9 Å². The number of nitrogens with zero attached hydrogens (tertiary/aromatic N) is 2. The summed E-state index contributed by atoms with van der Waals surface area (Å²) in [7, 11) is 0. The highest BCUT2D eigenvalue weighted by atomic mass is 32.2. The highest BCUT2D eigenvalue weighted by molar-refractivity contribution is 7.97. The van der Waals surface area contributed by atoms with Crippen LogP contribution in [0.4, 0.5) is 36.4 Å². The molecule has 1 atom stereocenters. The predicted molar refractivity (Wildman–Crippen MR) is 98.9 cm³/mol. The van der Waals surface area contributed by atoms with Crippen molar-refractivity contribution < 1.29 is 35.5 Å². The number of alkyl halides is 7. The fraction of sp³-hybridized carbons (Fsp3) is 0.444. The summed E-state index contributed by atoms with van der Waals surface area (Å²) in [5.74, 6) is -5.15. The third kappa shape index (κ3) is 5.32. The standard InChI is InChI=1S/C18H17F7N4OS/c19-15(20)13-12(18(23,24)25)14(16(30)27-10-2-1-3-11(6-10)31-26)29(28-13)8-9-4-5-17(21,22)7-9/h1-3,6,9,15H,4-5,7-8,26H2,(H,27,30). The Morgan fingerprint density at radius 2 is 2.06 bits per heavy atom. The molecule has 0 saturated heterocycles. The molecule has 170 valence electrons. The minimum Gasteiger partial charge on any atom is -0.321 e. The summed E-state index contributed by atoms with van der Waals surface area (Å²) >= 11 is 0.826. The molecule has 5 nitrogen and oxygen atoms in total. The van der Waals surface area contributed by atoms with Gasteiger partial charge in [-0.25, -0.2) is 17.6 Å². The lowest BCUT2D eigenvalue weighted by Crippen LogP contribution is -2.24. The number of carbonyl (C=O) groups excluding carboxylic acids is 1. The number of hydrogen-bond donors (Lipinski definition) is 2. The van der Waals surface area contributed by atoms with Crippen LogP contribution in [0.2, 0.25) is 0 Å². The van der Waals surface area contributed by atoms with E-state index in [4.69, 9.17) is 5.14 Å². The van der Waals surface area contributed by atoms with Gasteiger partial charge in [-0.2, -0.15) is 18.3 Å². The second-order valence-corrected chi connectivity index (χ2v) is 7.86. The molecule has 3 N–H and O–H groups in total. The summed E-state index contributed by atoms with van der Waals surface area (Å²) in [6.07, 6.45) is -10.1. The van der Waals surface area contributed by atoms with Gasteiger partial charge in [-0.1, -0.05) is 6.07 Å². The van der Waals surface area contributed by atoms with E-state index in [0.29, 0.717) is 9.58 Å². The number of anilines is 1. The summed E-state index contributed by atoms with van der Waals surface area (Å²) in [6, 6.07) is 5.82. The number of nitrogens with two attached hydrogens (primary N) is 1. The van der Waals surface area contributed by atoms with E-state index in [2.05, 4.69) is 10.4 Å². The Hall–Kier alpha value is -2.28. The molecule has 0 radical (unpaired) electrons. The molecule has 1 fully saturated rings. The number of amides is 1. The van der Waals surface area contributed by atoms with Crippen molar-refractivity contribution in [3.63, 3.8) is 0 Å². The molecular weight excluding hydrogens is 453 g/mol. The second-order valence-electron chi connectivity index (χ2n) is 7.15. The molecule has 1 heterocycles. The molecule has 1 aromatic carbocycles. The minimum atomic E-state index is -5.31. The molecule has 1 aromatic heterocycles. The fourth-order valence-corrected chi connectivity index (χ4v) is 3.91. The first kappa shape index (κ1) is 23.4. The van der Waals surface area contributed by atoms with Crippen molar-refractivity contribution in [3.8, 4) is 0 Å². The van der Waals surface area contributed by atoms with E-state index < -0.39 is 66.7 Å². The van der Waals surface area contributed by atoms with E-state index in [1.165, 1.54) is 18.2 Å². The van der Waals surface area contributed by atoms with Crippen LogP contribution in [0.25, 0.3) is 0 Å². The van der Waals surface area contributed by atoms with Gasteiger partial charge in [-0.05, 0) is 42.5 Å². The molecule has 13 heteroatoms. The Labute approximate surface area is 176 Å². The highest BCUT2D eigenvalue weighted by Crippen LogP contribution is 2.42. The normalized spacial score (nSPS) is 18.5. The third-order valence-electron chi connectivity index (χ3n) is 4.85. The van der Waals surface area contributed by atoms with E-state index in [1.807, 2.05) is 0 Å². The first-order chi connectivity index (χ1) is 14.4. The Kier molecular flexibility index (Phi) is 6.56. The topological polar surface area (TPSA) is 72.9 Å². The Balaban J connectivity index is 2.03. The van der Waals surface area contributed by atoms with E-state index in [0.717, 1.165) is 11.9 Å². The Morgan fingerprint density at radius 3 is 2.61 bits per heavy atom. The Morgan fingerprint density at radius 1 is 1.35 bits per heavy atom. The lowest BCUT2D eigenvalue weighted by Gasteiger charge is -2.15. The molecule has 0 bridgehead atoms. The van der Waals surface area contributed by atoms with Crippen molar-refractivity contribution in [3.05, 3.63) is 41.2 Å². The number of hydrogen-bond acceptors (Lipinski definition) is 4. The maximum absolute atomic E-state index is 13.6. The van der Waals surface area contributed by atoms with Crippen molar-refractivity contribution in [2.75, 3.05) is 5.32 Å². The highest BCUT2D eigenvalue weighted by Gasteiger charge is 2.46. The summed E-state index contributed by atoms with van der Waals surface area (Å²) < 4.78 is 95.0. The average molecular weight is 470 g/mol. The quantitative estimate of drug-likeness (QED) is 0.433. The van der Waals surface area contributed by atoms with Crippen LogP contribution in [-0.2, 0) is 12.7 Å². The van der Waals surface area contributed by atoms with Crippen LogP contribution in [-0.4, -0.2) is 21.6 Å². The average Bonchev–Trinajstić information content (AvgIpc) is 3.22. The van der Waals surface area contributed by atoms with E-state index in [-0.39, 0.29) is 12.1 Å². The lowest BCUT2D eigenvalue weighted by atomic mass is 10.1. The largest absolute Gasteiger partial charge is 0.420 e. The number of carbonyl (C=O) groups is 1. The Bertz CT molecular complexity index is 961. The maximum Gasteiger partial charge on any atom is 0.420 e. The number of aromatic nitrogens is 2. The number of rotatable bonds is 6. The van der Waals surface area contributed by atoms with Gasteiger partial charge in [-0.15, -0.1) is 0 Å². The van der Waals surface area contributed by atoms with Crippen molar-refractivity contribution in [2.24, 2.45) is 11.1 Å². The van der Waals surface area contributed by atoms with Gasteiger partial charge in [0.25, 0.3) is 12.3 Å². The van der Waals surface area contributed by atoms with Crippen molar-refractivity contribution in [1.29, 1.82) is 0 Å². The van der Waals surface area contributed by atoms with E-state index in [9.17, 15) is 35.5 Å². The number of benzene rings is 1. The first-order valence-corrected chi connectivity index (χ1v) is 9.91. The van der Waals surface area contributed by atoms with E-state index >= 15 is 0 Å². The molecule has 1 unspecified atom stereocenters. The van der Waals surface area contributed by atoms with Crippen LogP contribution in [0.1, 0.15) is 47.4 Å². The van der Waals surface area contributed by atoms with Crippen LogP contribution in [0, 0.1) is 5.92 Å². The predicted octanol–water partition coefficient (Wildman–Crippen LogP) is 5.49. The molecule has 1 aliphatic rings. The molecular formula is C18H17F7N4OS. The van der Waals surface area contributed by atoms with Crippen LogP contribution < -0.4 is 10.5 Å². The zero-order valence-corrected chi connectivity index (χ0v) is 16.5. The van der Waals surface area contributed by atoms with Crippen molar-refractivity contribution in [2.45, 2.75) is 49.2 Å². The van der Waals surface area contributed by atoms with Crippen molar-refractivity contribution >= 4 is 23.5 Å². The van der Waals surface area contributed by atoms with Crippen LogP contribution in [0.15, 0.2) is 29.2 Å². The molecule has 3 rings (SSSR count). The van der Waals surface area contributed by atoms with Gasteiger partial charge >= 0.3 is 6.18 Å². The van der Waals surface area contributed by atoms with Crippen molar-refractivity contribution in [1.82, 2.24) is 9.78 Å². The van der Waals surface area contributed by atoms with Gasteiger partial charge < -0.3 is 5.32 Å². The third-order valence-corrected chi connectivity index (χ3v) is 5.38. The van der Waals surface area contributed by atoms with Gasteiger partial charge in [0.2, 0.25) is 5.92 Å². The fourth-order valence-electron chi connectivity index (χ4n) is 3.56. The van der Waals surface area contributed by atoms with E-state index in [1.54, 1.807) is 6.07 Å². The maximum atomic E-state index is 13.6. The van der Waals surface area contributed by atoms with Gasteiger partial charge in [-0.3, -0.25) is 14.6 Å². The van der Waals surface area contributed by atoms with Gasteiger partial charge in [0.1, 0.15) is 17.0 Å². The lowest BCUT2D eigenvalue weighted by molar-refractivity contribution is -0.139. The molecule has 1 aliphatic carbocycles. The zero-order valence-electron chi connectivity index (χ0n) is 15.7.